The molecule has 0 aliphatic heterocycles. The summed E-state index contributed by atoms with van der Waals surface area (Å²) in [4.78, 5) is 12.6. The lowest BCUT2D eigenvalue weighted by molar-refractivity contribution is -0.179. The van der Waals surface area contributed by atoms with Crippen molar-refractivity contribution in [3.05, 3.63) is 0 Å². The van der Waals surface area contributed by atoms with Gasteiger partial charge in [-0.05, 0) is 111 Å². The van der Waals surface area contributed by atoms with Crippen molar-refractivity contribution in [2.45, 2.75) is 116 Å². The Hall–Kier alpha value is -0.530. The van der Waals surface area contributed by atoms with Crippen LogP contribution in [0.2, 0.25) is 0 Å². The third kappa shape index (κ3) is 3.23. The van der Waals surface area contributed by atoms with Crippen LogP contribution in [0, 0.1) is 51.2 Å². The van der Waals surface area contributed by atoms with Gasteiger partial charge in [-0.3, -0.25) is 4.79 Å². The molecule has 2 spiro atoms. The maximum absolute atomic E-state index is 12.6. The molecule has 11 atom stereocenters. The molecule has 6 nitrogen and oxygen atoms in total. The van der Waals surface area contributed by atoms with Gasteiger partial charge >= 0.3 is 0 Å². The van der Waals surface area contributed by atoms with Crippen LogP contribution in [0.25, 0.3) is 0 Å². The maximum Gasteiger partial charge on any atom is 0.138 e. The normalized spacial score (nSPS) is 49.2. The number of aliphatic hydroxyl groups is 5. The van der Waals surface area contributed by atoms with E-state index in [2.05, 4.69) is 20.8 Å². The molecule has 0 heterocycles. The molecular formula is C30H50O6. The van der Waals surface area contributed by atoms with Crippen molar-refractivity contribution >= 4 is 5.78 Å². The average Bonchev–Trinajstić information content (AvgIpc) is 3.40. The van der Waals surface area contributed by atoms with Crippen LogP contribution in [0.1, 0.15) is 98.8 Å². The topological polar surface area (TPSA) is 118 Å². The third-order valence-corrected chi connectivity index (χ3v) is 13.7. The van der Waals surface area contributed by atoms with Gasteiger partial charge in [0.1, 0.15) is 11.4 Å². The van der Waals surface area contributed by atoms with Crippen molar-refractivity contribution in [2.75, 3.05) is 13.2 Å². The first-order valence-electron chi connectivity index (χ1n) is 14.5. The lowest BCUT2D eigenvalue weighted by atomic mass is 9.43. The number of carbonyl (C=O) groups excluding carboxylic acids is 1. The Labute approximate surface area is 216 Å². The Bertz CT molecular complexity index is 898. The Morgan fingerprint density at radius 1 is 0.972 bits per heavy atom. The van der Waals surface area contributed by atoms with Crippen LogP contribution in [0.4, 0.5) is 0 Å². The molecule has 0 aromatic heterocycles. The molecule has 5 fully saturated rings. The van der Waals surface area contributed by atoms with Crippen LogP contribution in [0.15, 0.2) is 0 Å². The van der Waals surface area contributed by atoms with Gasteiger partial charge in [0.05, 0.1) is 24.9 Å². The summed E-state index contributed by atoms with van der Waals surface area (Å²) in [6, 6.07) is 0. The SMILES string of the molecule is C[C@H](C(O)C[C@](O)(CO)C(C)(C)O)[C@H]1CC[C@@]2(C)[C@@H]3CC[C@H]4C(CO)C(=O)CC[C@@]45C[C@]35CC[C@]12C. The van der Waals surface area contributed by atoms with Crippen LogP contribution >= 0.6 is 0 Å². The summed E-state index contributed by atoms with van der Waals surface area (Å²) < 4.78 is 0. The molecule has 0 radical (unpaired) electrons. The second-order valence-electron chi connectivity index (χ2n) is 14.8. The predicted octanol–water partition coefficient (Wildman–Crippen LogP) is 3.46. The number of aliphatic hydroxyl groups excluding tert-OH is 3. The average molecular weight is 507 g/mol. The van der Waals surface area contributed by atoms with Gasteiger partial charge in [-0.25, -0.2) is 0 Å². The summed E-state index contributed by atoms with van der Waals surface area (Å²) in [5, 5.41) is 52.6. The van der Waals surface area contributed by atoms with E-state index in [0.717, 1.165) is 38.5 Å². The fraction of sp³-hybridized carbons (Fsp3) is 0.967. The first-order chi connectivity index (χ1) is 16.7. The van der Waals surface area contributed by atoms with Gasteiger partial charge in [-0.2, -0.15) is 0 Å². The van der Waals surface area contributed by atoms with Crippen molar-refractivity contribution in [1.29, 1.82) is 0 Å². The molecule has 0 aromatic carbocycles. The highest BCUT2D eigenvalue weighted by Crippen LogP contribution is 2.88. The van der Waals surface area contributed by atoms with Crippen molar-refractivity contribution in [3.63, 3.8) is 0 Å². The van der Waals surface area contributed by atoms with E-state index < -0.39 is 23.9 Å². The first kappa shape index (κ1) is 27.1. The largest absolute Gasteiger partial charge is 0.396 e. The molecule has 206 valence electrons. The first-order valence-corrected chi connectivity index (χ1v) is 14.5. The number of ketones is 1. The van der Waals surface area contributed by atoms with E-state index >= 15 is 0 Å². The Morgan fingerprint density at radius 2 is 1.67 bits per heavy atom. The highest BCUT2D eigenvalue weighted by molar-refractivity contribution is 5.83. The summed E-state index contributed by atoms with van der Waals surface area (Å²) in [5.74, 6) is 1.34. The summed E-state index contributed by atoms with van der Waals surface area (Å²) in [7, 11) is 0. The van der Waals surface area contributed by atoms with E-state index in [9.17, 15) is 30.3 Å². The minimum atomic E-state index is -1.75. The van der Waals surface area contributed by atoms with Crippen LogP contribution in [-0.2, 0) is 4.79 Å². The maximum atomic E-state index is 12.6. The zero-order valence-electron chi connectivity index (χ0n) is 23.1. The quantitative estimate of drug-likeness (QED) is 0.361. The molecule has 5 rings (SSSR count). The second-order valence-corrected chi connectivity index (χ2v) is 14.8. The van der Waals surface area contributed by atoms with Gasteiger partial charge < -0.3 is 25.5 Å². The molecule has 0 bridgehead atoms. The minimum Gasteiger partial charge on any atom is -0.396 e. The predicted molar refractivity (Wildman–Crippen MR) is 137 cm³/mol. The van der Waals surface area contributed by atoms with Gasteiger partial charge in [0.25, 0.3) is 0 Å². The number of Topliss-reactive ketones (excluding diaryl/α,β-unsaturated/α-hetero) is 1. The number of hydrogen-bond acceptors (Lipinski definition) is 6. The minimum absolute atomic E-state index is 0.00326. The zero-order chi connectivity index (χ0) is 26.5. The Balaban J connectivity index is 1.39. The molecule has 2 unspecified atom stereocenters. The summed E-state index contributed by atoms with van der Waals surface area (Å²) in [6.07, 6.45) is 8.65. The standard InChI is InChI=1S/C30H50O6/c1-18(23(34)14-30(36,17-32)25(2,3)35)20-8-10-27(5)24-7-6-21-19(15-31)22(33)9-11-28(21)16-29(24,28)13-12-26(20,27)4/h18-21,23-24,31-32,34-36H,6-17H2,1-5H3/t18-,19?,20+,21-,23?,24-,26+,27-,28+,29+,30-/m0/s1. The molecule has 6 heteroatoms. The van der Waals surface area contributed by atoms with E-state index in [1.54, 1.807) is 0 Å². The molecule has 36 heavy (non-hydrogen) atoms. The molecule has 0 saturated heterocycles. The van der Waals surface area contributed by atoms with Gasteiger partial charge in [0.2, 0.25) is 0 Å². The van der Waals surface area contributed by atoms with E-state index in [1.807, 2.05) is 0 Å². The zero-order valence-corrected chi connectivity index (χ0v) is 23.1. The molecule has 5 aliphatic carbocycles. The van der Waals surface area contributed by atoms with Crippen molar-refractivity contribution in [2.24, 2.45) is 51.2 Å². The fourth-order valence-corrected chi connectivity index (χ4v) is 11.1. The molecule has 0 amide bonds. The van der Waals surface area contributed by atoms with E-state index in [4.69, 9.17) is 0 Å². The van der Waals surface area contributed by atoms with Crippen LogP contribution in [0.3, 0.4) is 0 Å². The monoisotopic (exact) mass is 506 g/mol. The summed E-state index contributed by atoms with van der Waals surface area (Å²) >= 11 is 0. The summed E-state index contributed by atoms with van der Waals surface area (Å²) in [6.45, 7) is 9.41. The third-order valence-electron chi connectivity index (χ3n) is 13.7. The molecule has 5 N–H and O–H groups in total. The fourth-order valence-electron chi connectivity index (χ4n) is 11.1. The van der Waals surface area contributed by atoms with Gasteiger partial charge in [0, 0.05) is 18.8 Å². The molecule has 5 saturated carbocycles. The second kappa shape index (κ2) is 8.24. The molecule has 5 aliphatic rings. The van der Waals surface area contributed by atoms with E-state index in [-0.39, 0.29) is 46.9 Å². The van der Waals surface area contributed by atoms with E-state index in [0.29, 0.717) is 29.6 Å². The smallest absolute Gasteiger partial charge is 0.138 e. The number of hydrogen-bond donors (Lipinski definition) is 5. The van der Waals surface area contributed by atoms with Crippen LogP contribution < -0.4 is 0 Å². The van der Waals surface area contributed by atoms with Crippen LogP contribution in [-0.4, -0.2) is 61.8 Å². The lowest BCUT2D eigenvalue weighted by Gasteiger charge is -2.62. The van der Waals surface area contributed by atoms with Crippen molar-refractivity contribution in [1.82, 2.24) is 0 Å². The Morgan fingerprint density at radius 3 is 2.28 bits per heavy atom. The highest BCUT2D eigenvalue weighted by Gasteiger charge is 2.81. The number of fused-ring (bicyclic) bond motifs is 2. The van der Waals surface area contributed by atoms with Gasteiger partial charge in [0.15, 0.2) is 0 Å². The molecule has 0 aromatic rings. The van der Waals surface area contributed by atoms with Gasteiger partial charge in [-0.15, -0.1) is 0 Å². The highest BCUT2D eigenvalue weighted by atomic mass is 16.4. The van der Waals surface area contributed by atoms with Crippen molar-refractivity contribution in [3.8, 4) is 0 Å². The number of carbonyl (C=O) groups is 1. The number of rotatable bonds is 7. The molecular weight excluding hydrogens is 456 g/mol. The van der Waals surface area contributed by atoms with Crippen LogP contribution in [0.5, 0.6) is 0 Å². The van der Waals surface area contributed by atoms with E-state index in [1.165, 1.54) is 26.7 Å². The lowest BCUT2D eigenvalue weighted by Crippen LogP contribution is -2.57. The van der Waals surface area contributed by atoms with Crippen molar-refractivity contribution < 1.29 is 30.3 Å². The van der Waals surface area contributed by atoms with Gasteiger partial charge in [-0.1, -0.05) is 20.8 Å². The Kier molecular flexibility index (Phi) is 6.19. The summed E-state index contributed by atoms with van der Waals surface area (Å²) in [5.41, 5.74) is -2.46.